The van der Waals surface area contributed by atoms with Crippen molar-refractivity contribution >= 4 is 17.3 Å². The summed E-state index contributed by atoms with van der Waals surface area (Å²) in [6, 6.07) is 0. The van der Waals surface area contributed by atoms with Crippen LogP contribution in [0.4, 0.5) is 0 Å². The van der Waals surface area contributed by atoms with Crippen LogP contribution in [0.25, 0.3) is 0 Å². The molecule has 1 heterocycles. The summed E-state index contributed by atoms with van der Waals surface area (Å²) < 4.78 is 10.1. The lowest BCUT2D eigenvalue weighted by Crippen LogP contribution is -2.06. The van der Waals surface area contributed by atoms with Gasteiger partial charge in [-0.05, 0) is 25.7 Å². The summed E-state index contributed by atoms with van der Waals surface area (Å²) in [6.45, 7) is 1.88. The third-order valence-corrected chi connectivity index (χ3v) is 3.77. The number of esters is 1. The molecule has 1 saturated carbocycles. The number of carbonyl (C=O) groups excluding carboxylic acids is 1. The molecule has 0 saturated heterocycles. The lowest BCUT2D eigenvalue weighted by molar-refractivity contribution is 0.0590. The van der Waals surface area contributed by atoms with Crippen LogP contribution in [0, 0.1) is 12.8 Å². The van der Waals surface area contributed by atoms with Crippen LogP contribution in [0.5, 0.6) is 0 Å². The quantitative estimate of drug-likeness (QED) is 0.759. The Bertz CT molecular complexity index is 398. The Kier molecular flexibility index (Phi) is 3.25. The summed E-state index contributed by atoms with van der Waals surface area (Å²) in [7, 11) is 3.06. The number of carbonyl (C=O) groups is 1. The van der Waals surface area contributed by atoms with Crippen molar-refractivity contribution in [1.82, 2.24) is 4.98 Å². The van der Waals surface area contributed by atoms with Gasteiger partial charge in [-0.1, -0.05) is 0 Å². The molecule has 0 amide bonds. The number of hydrogen-bond acceptors (Lipinski definition) is 5. The molecular weight excluding hydrogens is 226 g/mol. The number of ether oxygens (including phenoxy) is 2. The molecule has 0 aliphatic heterocycles. The van der Waals surface area contributed by atoms with Crippen LogP contribution in [0.1, 0.15) is 39.3 Å². The van der Waals surface area contributed by atoms with Gasteiger partial charge in [-0.3, -0.25) is 0 Å². The van der Waals surface area contributed by atoms with E-state index in [2.05, 4.69) is 9.72 Å². The number of methoxy groups -OCH3 is 2. The highest BCUT2D eigenvalue weighted by atomic mass is 32.1. The van der Waals surface area contributed by atoms with Crippen molar-refractivity contribution in [1.29, 1.82) is 0 Å². The number of aryl methyl sites for hydroxylation is 1. The summed E-state index contributed by atoms with van der Waals surface area (Å²) in [6.07, 6.45) is 2.41. The van der Waals surface area contributed by atoms with Gasteiger partial charge in [0.2, 0.25) is 0 Å². The Balaban J connectivity index is 2.25. The normalized spacial score (nSPS) is 17.2. The zero-order valence-electron chi connectivity index (χ0n) is 9.65. The van der Waals surface area contributed by atoms with Crippen LogP contribution >= 0.6 is 11.3 Å². The van der Waals surface area contributed by atoms with E-state index in [0.29, 0.717) is 11.6 Å². The molecule has 5 heteroatoms. The first-order valence-corrected chi connectivity index (χ1v) is 6.07. The van der Waals surface area contributed by atoms with E-state index in [4.69, 9.17) is 4.74 Å². The van der Waals surface area contributed by atoms with Crippen LogP contribution in [0.3, 0.4) is 0 Å². The fraction of sp³-hybridized carbons (Fsp3) is 0.636. The van der Waals surface area contributed by atoms with Crippen molar-refractivity contribution in [3.8, 4) is 0 Å². The Morgan fingerprint density at radius 1 is 1.50 bits per heavy atom. The molecule has 0 N–H and O–H groups in total. The first-order valence-electron chi connectivity index (χ1n) is 5.25. The summed E-state index contributed by atoms with van der Waals surface area (Å²) in [5, 5.41) is 0.892. The molecule has 2 rings (SSSR count). The maximum absolute atomic E-state index is 11.4. The molecule has 88 valence electrons. The van der Waals surface area contributed by atoms with Crippen molar-refractivity contribution in [2.45, 2.75) is 25.9 Å². The number of hydrogen-bond donors (Lipinski definition) is 0. The van der Waals surface area contributed by atoms with E-state index in [9.17, 15) is 4.79 Å². The summed E-state index contributed by atoms with van der Waals surface area (Å²) >= 11 is 1.52. The topological polar surface area (TPSA) is 48.4 Å². The Morgan fingerprint density at radius 3 is 2.69 bits per heavy atom. The van der Waals surface area contributed by atoms with Gasteiger partial charge in [-0.25, -0.2) is 9.78 Å². The van der Waals surface area contributed by atoms with Crippen LogP contribution < -0.4 is 0 Å². The van der Waals surface area contributed by atoms with Crippen LogP contribution in [0.2, 0.25) is 0 Å². The largest absolute Gasteiger partial charge is 0.464 e. The Morgan fingerprint density at radius 2 is 2.19 bits per heavy atom. The molecule has 4 nitrogen and oxygen atoms in total. The van der Waals surface area contributed by atoms with Crippen molar-refractivity contribution in [2.75, 3.05) is 14.2 Å². The first kappa shape index (κ1) is 11.5. The van der Waals surface area contributed by atoms with Crippen molar-refractivity contribution in [3.05, 3.63) is 15.6 Å². The third kappa shape index (κ3) is 2.10. The minimum Gasteiger partial charge on any atom is -0.464 e. The Hall–Kier alpha value is -0.940. The number of rotatable bonds is 4. The highest BCUT2D eigenvalue weighted by Crippen LogP contribution is 2.44. The van der Waals surface area contributed by atoms with Crippen LogP contribution in [-0.2, 0) is 9.47 Å². The van der Waals surface area contributed by atoms with E-state index in [0.717, 1.165) is 9.88 Å². The van der Waals surface area contributed by atoms with Gasteiger partial charge in [0, 0.05) is 12.0 Å². The van der Waals surface area contributed by atoms with Crippen molar-refractivity contribution in [3.63, 3.8) is 0 Å². The van der Waals surface area contributed by atoms with E-state index < -0.39 is 0 Å². The van der Waals surface area contributed by atoms with Gasteiger partial charge in [0.25, 0.3) is 0 Å². The summed E-state index contributed by atoms with van der Waals surface area (Å²) in [4.78, 5) is 16.7. The summed E-state index contributed by atoms with van der Waals surface area (Å²) in [5.41, 5.74) is 0.421. The van der Waals surface area contributed by atoms with Gasteiger partial charge in [-0.2, -0.15) is 0 Å². The zero-order valence-corrected chi connectivity index (χ0v) is 10.5. The molecule has 16 heavy (non-hydrogen) atoms. The standard InChI is InChI=1S/C11H15NO3S/c1-6-8(11(13)15-3)12-10(16-6)9(14-2)7-4-5-7/h7,9H,4-5H2,1-3H3. The van der Waals surface area contributed by atoms with Gasteiger partial charge in [0.1, 0.15) is 11.1 Å². The molecule has 1 aromatic rings. The van der Waals surface area contributed by atoms with Gasteiger partial charge < -0.3 is 9.47 Å². The predicted molar refractivity (Wildman–Crippen MR) is 60.7 cm³/mol. The second-order valence-corrected chi connectivity index (χ2v) is 5.18. The average molecular weight is 241 g/mol. The second-order valence-electron chi connectivity index (χ2n) is 3.94. The molecular formula is C11H15NO3S. The van der Waals surface area contributed by atoms with E-state index in [-0.39, 0.29) is 12.1 Å². The van der Waals surface area contributed by atoms with E-state index >= 15 is 0 Å². The van der Waals surface area contributed by atoms with Gasteiger partial charge in [0.05, 0.1) is 7.11 Å². The van der Waals surface area contributed by atoms with E-state index in [1.165, 1.54) is 31.3 Å². The fourth-order valence-corrected chi connectivity index (χ4v) is 2.80. The molecule has 0 spiro atoms. The molecule has 0 radical (unpaired) electrons. The van der Waals surface area contributed by atoms with Crippen LogP contribution in [-0.4, -0.2) is 25.2 Å². The highest BCUT2D eigenvalue weighted by molar-refractivity contribution is 7.11. The van der Waals surface area contributed by atoms with Gasteiger partial charge in [-0.15, -0.1) is 11.3 Å². The number of thiazole rings is 1. The average Bonchev–Trinajstić information content (AvgIpc) is 3.03. The van der Waals surface area contributed by atoms with E-state index in [1.54, 1.807) is 7.11 Å². The summed E-state index contributed by atoms with van der Waals surface area (Å²) in [5.74, 6) is 0.201. The van der Waals surface area contributed by atoms with Crippen LogP contribution in [0.15, 0.2) is 0 Å². The second kappa shape index (κ2) is 4.51. The minimum atomic E-state index is -0.370. The lowest BCUT2D eigenvalue weighted by Gasteiger charge is -2.10. The zero-order chi connectivity index (χ0) is 11.7. The molecule has 0 aromatic carbocycles. The van der Waals surface area contributed by atoms with E-state index in [1.807, 2.05) is 6.92 Å². The molecule has 0 bridgehead atoms. The molecule has 1 aliphatic rings. The SMILES string of the molecule is COC(=O)c1nc(C(OC)C2CC2)sc1C. The maximum Gasteiger partial charge on any atom is 0.357 e. The van der Waals surface area contributed by atoms with Crippen molar-refractivity contribution in [2.24, 2.45) is 5.92 Å². The molecule has 1 aliphatic carbocycles. The third-order valence-electron chi connectivity index (χ3n) is 2.74. The highest BCUT2D eigenvalue weighted by Gasteiger charge is 2.35. The minimum absolute atomic E-state index is 0.0436. The fourth-order valence-electron chi connectivity index (χ4n) is 1.72. The molecule has 1 fully saturated rings. The monoisotopic (exact) mass is 241 g/mol. The van der Waals surface area contributed by atoms with Gasteiger partial charge >= 0.3 is 5.97 Å². The molecule has 1 unspecified atom stereocenters. The number of aromatic nitrogens is 1. The lowest BCUT2D eigenvalue weighted by atomic mass is 10.2. The maximum atomic E-state index is 11.4. The molecule has 1 aromatic heterocycles. The predicted octanol–water partition coefficient (Wildman–Crippen LogP) is 2.34. The molecule has 1 atom stereocenters. The smallest absolute Gasteiger partial charge is 0.357 e. The Labute approximate surface area is 98.6 Å². The van der Waals surface area contributed by atoms with Gasteiger partial charge in [0.15, 0.2) is 5.69 Å². The first-order chi connectivity index (χ1) is 7.67. The number of nitrogens with zero attached hydrogens (tertiary/aromatic N) is 1. The van der Waals surface area contributed by atoms with Crippen molar-refractivity contribution < 1.29 is 14.3 Å².